The lowest BCUT2D eigenvalue weighted by Crippen LogP contribution is -2.39. The largest absolute Gasteiger partial charge is 0.391 e. The van der Waals surface area contributed by atoms with E-state index in [4.69, 9.17) is 0 Å². The summed E-state index contributed by atoms with van der Waals surface area (Å²) in [6, 6.07) is 0.158. The minimum Gasteiger partial charge on any atom is -0.391 e. The molecule has 0 saturated carbocycles. The van der Waals surface area contributed by atoms with Crippen molar-refractivity contribution in [3.05, 3.63) is 24.3 Å². The molecule has 1 aliphatic heterocycles. The van der Waals surface area contributed by atoms with Gasteiger partial charge in [-0.1, -0.05) is 24.3 Å². The number of nitrogens with one attached hydrogen (secondary N) is 2. The molecule has 0 aromatic heterocycles. The van der Waals surface area contributed by atoms with Crippen LogP contribution in [-0.2, 0) is 9.59 Å². The first-order valence-electron chi connectivity index (χ1n) is 6.56. The van der Waals surface area contributed by atoms with E-state index in [2.05, 4.69) is 22.8 Å². The number of aliphatic hydroxyl groups is 1. The summed E-state index contributed by atoms with van der Waals surface area (Å²) < 4.78 is 0. The highest BCUT2D eigenvalue weighted by Gasteiger charge is 2.21. The molecule has 1 saturated heterocycles. The van der Waals surface area contributed by atoms with Crippen molar-refractivity contribution in [2.24, 2.45) is 5.92 Å². The van der Waals surface area contributed by atoms with Crippen LogP contribution in [0.5, 0.6) is 0 Å². The number of aliphatic hydroxyl groups excluding tert-OH is 1. The molecule has 1 aliphatic carbocycles. The van der Waals surface area contributed by atoms with E-state index < -0.39 is 0 Å². The number of likely N-dealkylation sites (N-methyl/N-ethyl adjacent to an activating group) is 1. The summed E-state index contributed by atoms with van der Waals surface area (Å²) in [5.41, 5.74) is 0. The van der Waals surface area contributed by atoms with Crippen molar-refractivity contribution >= 4 is 11.8 Å². The van der Waals surface area contributed by atoms with Gasteiger partial charge in [0.25, 0.3) is 0 Å². The lowest BCUT2D eigenvalue weighted by Gasteiger charge is -2.25. The zero-order valence-electron chi connectivity index (χ0n) is 11.4. The fourth-order valence-electron chi connectivity index (χ4n) is 1.90. The second-order valence-electron chi connectivity index (χ2n) is 4.75. The summed E-state index contributed by atoms with van der Waals surface area (Å²) >= 11 is 0. The maximum Gasteiger partial charge on any atom is 0.227 e. The summed E-state index contributed by atoms with van der Waals surface area (Å²) in [4.78, 5) is 20.2. The Hall–Kier alpha value is -1.46. The number of carbonyl (C=O) groups is 2. The zero-order valence-corrected chi connectivity index (χ0v) is 11.4. The van der Waals surface area contributed by atoms with Crippen molar-refractivity contribution in [1.82, 2.24) is 10.6 Å². The molecule has 1 heterocycles. The highest BCUT2D eigenvalue weighted by atomic mass is 16.3. The molecular formula is C14H22N2O3. The van der Waals surface area contributed by atoms with Gasteiger partial charge in [0.05, 0.1) is 6.10 Å². The summed E-state index contributed by atoms with van der Waals surface area (Å²) in [5, 5.41) is 15.0. The molecule has 3 atom stereocenters. The average Bonchev–Trinajstić information content (AvgIpc) is 2.82. The Balaban J connectivity index is 0.000000218. The Morgan fingerprint density at radius 1 is 1.32 bits per heavy atom. The van der Waals surface area contributed by atoms with Gasteiger partial charge in [0.15, 0.2) is 0 Å². The van der Waals surface area contributed by atoms with Crippen LogP contribution in [0.2, 0.25) is 0 Å². The standard InChI is InChI=1S/C10H17NO.C4H5NO2/c1-8(11-2)10(12)9-6-4-3-5-7-9;6-3-1-2-4(7)5-3/h3-6,8-12H,7H2,1-2H3;1-2H2,(H,5,6,7)/t8-,9+,10+;/m0./s1. The Labute approximate surface area is 113 Å². The molecule has 3 N–H and O–H groups in total. The Morgan fingerprint density at radius 2 is 1.95 bits per heavy atom. The molecule has 0 bridgehead atoms. The molecule has 0 radical (unpaired) electrons. The molecule has 2 amide bonds. The van der Waals surface area contributed by atoms with E-state index in [1.807, 2.05) is 26.1 Å². The van der Waals surface area contributed by atoms with Gasteiger partial charge in [0.1, 0.15) is 0 Å². The van der Waals surface area contributed by atoms with Crippen LogP contribution >= 0.6 is 0 Å². The number of allylic oxidation sites excluding steroid dienone is 3. The average molecular weight is 266 g/mol. The van der Waals surface area contributed by atoms with Crippen LogP contribution in [0.25, 0.3) is 0 Å². The van der Waals surface area contributed by atoms with Crippen LogP contribution in [0.1, 0.15) is 26.2 Å². The molecule has 0 spiro atoms. The fourth-order valence-corrected chi connectivity index (χ4v) is 1.90. The normalized spacial score (nSPS) is 24.5. The maximum absolute atomic E-state index is 10.1. The summed E-state index contributed by atoms with van der Waals surface area (Å²) in [7, 11) is 1.87. The molecule has 5 nitrogen and oxygen atoms in total. The number of rotatable bonds is 3. The first kappa shape index (κ1) is 15.6. The highest BCUT2D eigenvalue weighted by Crippen LogP contribution is 2.17. The zero-order chi connectivity index (χ0) is 14.3. The van der Waals surface area contributed by atoms with Gasteiger partial charge >= 0.3 is 0 Å². The Morgan fingerprint density at radius 3 is 2.32 bits per heavy atom. The van der Waals surface area contributed by atoms with Crippen molar-refractivity contribution in [2.75, 3.05) is 7.05 Å². The SMILES string of the molecule is CN[C@@H](C)[C@@H](O)[C@@H]1C=CC=CC1.O=C1CCC(=O)N1. The highest BCUT2D eigenvalue weighted by molar-refractivity contribution is 6.01. The predicted molar refractivity (Wildman–Crippen MR) is 73.3 cm³/mol. The van der Waals surface area contributed by atoms with E-state index >= 15 is 0 Å². The van der Waals surface area contributed by atoms with Gasteiger partial charge in [-0.15, -0.1) is 0 Å². The number of imide groups is 1. The molecule has 19 heavy (non-hydrogen) atoms. The predicted octanol–water partition coefficient (Wildman–Crippen LogP) is 0.510. The van der Waals surface area contributed by atoms with Gasteiger partial charge in [-0.05, 0) is 20.4 Å². The number of amides is 2. The molecule has 1 fully saturated rings. The van der Waals surface area contributed by atoms with Crippen LogP contribution in [0.3, 0.4) is 0 Å². The van der Waals surface area contributed by atoms with Crippen molar-refractivity contribution < 1.29 is 14.7 Å². The van der Waals surface area contributed by atoms with Crippen molar-refractivity contribution in [2.45, 2.75) is 38.3 Å². The number of hydrogen-bond acceptors (Lipinski definition) is 4. The third kappa shape index (κ3) is 5.36. The van der Waals surface area contributed by atoms with Crippen LogP contribution < -0.4 is 10.6 Å². The molecule has 106 valence electrons. The minimum absolute atomic E-state index is 0.148. The van der Waals surface area contributed by atoms with E-state index in [9.17, 15) is 14.7 Å². The van der Waals surface area contributed by atoms with E-state index in [-0.39, 0.29) is 29.9 Å². The van der Waals surface area contributed by atoms with E-state index in [1.54, 1.807) is 0 Å². The van der Waals surface area contributed by atoms with Crippen molar-refractivity contribution in [3.8, 4) is 0 Å². The molecule has 2 aliphatic rings. The molecular weight excluding hydrogens is 244 g/mol. The minimum atomic E-state index is -0.281. The van der Waals surface area contributed by atoms with E-state index in [0.717, 1.165) is 6.42 Å². The lowest BCUT2D eigenvalue weighted by atomic mass is 9.91. The molecule has 5 heteroatoms. The monoisotopic (exact) mass is 266 g/mol. The third-order valence-electron chi connectivity index (χ3n) is 3.28. The Bertz CT molecular complexity index is 363. The summed E-state index contributed by atoms with van der Waals surface area (Å²) in [6.07, 6.45) is 9.60. The lowest BCUT2D eigenvalue weighted by molar-refractivity contribution is -0.124. The van der Waals surface area contributed by atoms with Gasteiger partial charge in [-0.2, -0.15) is 0 Å². The maximum atomic E-state index is 10.1. The first-order chi connectivity index (χ1) is 9.04. The fraction of sp³-hybridized carbons (Fsp3) is 0.571. The summed E-state index contributed by atoms with van der Waals surface area (Å²) in [6.45, 7) is 2.00. The van der Waals surface area contributed by atoms with E-state index in [0.29, 0.717) is 12.8 Å². The summed E-state index contributed by atoms with van der Waals surface area (Å²) in [5.74, 6) is -0.0209. The van der Waals surface area contributed by atoms with Gasteiger partial charge in [-0.25, -0.2) is 0 Å². The van der Waals surface area contributed by atoms with Crippen molar-refractivity contribution in [1.29, 1.82) is 0 Å². The molecule has 0 aromatic carbocycles. The third-order valence-corrected chi connectivity index (χ3v) is 3.28. The van der Waals surface area contributed by atoms with Gasteiger partial charge in [0.2, 0.25) is 11.8 Å². The topological polar surface area (TPSA) is 78.4 Å². The van der Waals surface area contributed by atoms with Crippen LogP contribution in [-0.4, -0.2) is 36.1 Å². The Kier molecular flexibility index (Phi) is 6.45. The van der Waals surface area contributed by atoms with E-state index in [1.165, 1.54) is 0 Å². The smallest absolute Gasteiger partial charge is 0.227 e. The second-order valence-corrected chi connectivity index (χ2v) is 4.75. The second kappa shape index (κ2) is 7.86. The van der Waals surface area contributed by atoms with Gasteiger partial charge in [-0.3, -0.25) is 14.9 Å². The number of hydrogen-bond donors (Lipinski definition) is 3. The molecule has 0 unspecified atom stereocenters. The van der Waals surface area contributed by atoms with Crippen LogP contribution in [0.4, 0.5) is 0 Å². The quantitative estimate of drug-likeness (QED) is 0.650. The van der Waals surface area contributed by atoms with Crippen LogP contribution in [0.15, 0.2) is 24.3 Å². The van der Waals surface area contributed by atoms with Crippen molar-refractivity contribution in [3.63, 3.8) is 0 Å². The number of carbonyl (C=O) groups excluding carboxylic acids is 2. The molecule has 2 rings (SSSR count). The van der Waals surface area contributed by atoms with Gasteiger partial charge in [0, 0.05) is 24.8 Å². The molecule has 0 aromatic rings. The van der Waals surface area contributed by atoms with Gasteiger partial charge < -0.3 is 10.4 Å². The first-order valence-corrected chi connectivity index (χ1v) is 6.56. The van der Waals surface area contributed by atoms with Crippen LogP contribution in [0, 0.1) is 5.92 Å².